The van der Waals surface area contributed by atoms with Gasteiger partial charge in [0.25, 0.3) is 0 Å². The van der Waals surface area contributed by atoms with E-state index in [2.05, 4.69) is 22.6 Å². The fourth-order valence-electron chi connectivity index (χ4n) is 1.11. The second-order valence-corrected chi connectivity index (χ2v) is 4.16. The van der Waals surface area contributed by atoms with Crippen LogP contribution in [0.25, 0.3) is 0 Å². The number of halogens is 1. The molecular formula is C9H13IN2O. The third kappa shape index (κ3) is 2.32. The molecule has 4 heteroatoms. The third-order valence-electron chi connectivity index (χ3n) is 1.96. The lowest BCUT2D eigenvalue weighted by Crippen LogP contribution is -2.21. The van der Waals surface area contributed by atoms with Crippen molar-refractivity contribution in [2.75, 3.05) is 6.54 Å². The molecule has 0 unspecified atom stereocenters. The van der Waals surface area contributed by atoms with Crippen LogP contribution in [-0.2, 0) is 0 Å². The first kappa shape index (κ1) is 10.7. The summed E-state index contributed by atoms with van der Waals surface area (Å²) in [6.45, 7) is 2.28. The number of aromatic hydroxyl groups is 1. The van der Waals surface area contributed by atoms with E-state index in [0.29, 0.717) is 6.54 Å². The highest BCUT2D eigenvalue weighted by Gasteiger charge is 2.10. The van der Waals surface area contributed by atoms with Crippen LogP contribution in [0, 0.1) is 10.5 Å². The lowest BCUT2D eigenvalue weighted by atomic mass is 10.0. The van der Waals surface area contributed by atoms with E-state index in [0.717, 1.165) is 14.7 Å². The Morgan fingerprint density at radius 2 is 2.15 bits per heavy atom. The molecule has 0 bridgehead atoms. The normalized spacial score (nSPS) is 12.9. The summed E-state index contributed by atoms with van der Waals surface area (Å²) in [6, 6.07) is 3.31. The highest BCUT2D eigenvalue weighted by Crippen LogP contribution is 2.26. The fraction of sp³-hybridized carbons (Fsp3) is 0.333. The Kier molecular flexibility index (Phi) is 3.52. The van der Waals surface area contributed by atoms with Crippen LogP contribution in [-0.4, -0.2) is 11.7 Å². The molecule has 0 spiro atoms. The average molecular weight is 292 g/mol. The van der Waals surface area contributed by atoms with Crippen LogP contribution >= 0.6 is 22.6 Å². The zero-order valence-corrected chi connectivity index (χ0v) is 9.58. The van der Waals surface area contributed by atoms with E-state index >= 15 is 0 Å². The Balaban J connectivity index is 3.15. The van der Waals surface area contributed by atoms with Crippen LogP contribution in [0.5, 0.6) is 5.75 Å². The van der Waals surface area contributed by atoms with Gasteiger partial charge >= 0.3 is 0 Å². The molecule has 1 aromatic carbocycles. The molecule has 0 aliphatic heterocycles. The highest BCUT2D eigenvalue weighted by atomic mass is 127. The van der Waals surface area contributed by atoms with Gasteiger partial charge in [-0.15, -0.1) is 0 Å². The smallest absolute Gasteiger partial charge is 0.120 e. The van der Waals surface area contributed by atoms with E-state index in [-0.39, 0.29) is 11.8 Å². The molecule has 0 radical (unpaired) electrons. The maximum absolute atomic E-state index is 9.58. The van der Waals surface area contributed by atoms with E-state index in [1.807, 2.05) is 13.0 Å². The van der Waals surface area contributed by atoms with Crippen molar-refractivity contribution in [1.82, 2.24) is 0 Å². The maximum Gasteiger partial charge on any atom is 0.120 e. The van der Waals surface area contributed by atoms with Gasteiger partial charge < -0.3 is 16.6 Å². The van der Waals surface area contributed by atoms with Crippen LogP contribution in [0.1, 0.15) is 17.2 Å². The van der Waals surface area contributed by atoms with Gasteiger partial charge in [-0.3, -0.25) is 0 Å². The molecule has 0 saturated heterocycles. The molecule has 0 amide bonds. The standard InChI is InChI=1S/C9H13IN2O/c1-5-2-9(13)6(3-7(5)10)8(12)4-11/h2-3,8,13H,4,11-12H2,1H3/t8-/m1/s1. The van der Waals surface area contributed by atoms with Crippen molar-refractivity contribution in [3.8, 4) is 5.75 Å². The van der Waals surface area contributed by atoms with E-state index < -0.39 is 0 Å². The van der Waals surface area contributed by atoms with Gasteiger partial charge in [-0.1, -0.05) is 0 Å². The number of benzene rings is 1. The summed E-state index contributed by atoms with van der Waals surface area (Å²) in [7, 11) is 0. The zero-order valence-electron chi connectivity index (χ0n) is 7.42. The first-order valence-electron chi connectivity index (χ1n) is 4.01. The largest absolute Gasteiger partial charge is 0.508 e. The van der Waals surface area contributed by atoms with Crippen LogP contribution in [0.15, 0.2) is 12.1 Å². The molecule has 5 N–H and O–H groups in total. The topological polar surface area (TPSA) is 72.3 Å². The summed E-state index contributed by atoms with van der Waals surface area (Å²) >= 11 is 2.21. The lowest BCUT2D eigenvalue weighted by molar-refractivity contribution is 0.461. The average Bonchev–Trinajstić information content (AvgIpc) is 2.10. The predicted octanol–water partition coefficient (Wildman–Crippen LogP) is 1.26. The molecule has 1 rings (SSSR count). The van der Waals surface area contributed by atoms with Crippen molar-refractivity contribution >= 4 is 22.6 Å². The first-order valence-corrected chi connectivity index (χ1v) is 5.08. The number of phenolic OH excluding ortho intramolecular Hbond substituents is 1. The van der Waals surface area contributed by atoms with Crippen LogP contribution < -0.4 is 11.5 Å². The minimum atomic E-state index is -0.283. The first-order chi connectivity index (χ1) is 6.06. The molecule has 1 atom stereocenters. The Bertz CT molecular complexity index is 315. The van der Waals surface area contributed by atoms with Crippen LogP contribution in [0.2, 0.25) is 0 Å². The molecule has 72 valence electrons. The van der Waals surface area contributed by atoms with Gasteiger partial charge in [0.15, 0.2) is 0 Å². The third-order valence-corrected chi connectivity index (χ3v) is 3.12. The summed E-state index contributed by atoms with van der Waals surface area (Å²) in [5.74, 6) is 0.232. The van der Waals surface area contributed by atoms with Crippen LogP contribution in [0.4, 0.5) is 0 Å². The van der Waals surface area contributed by atoms with Crippen molar-refractivity contribution < 1.29 is 5.11 Å². The van der Waals surface area contributed by atoms with E-state index in [9.17, 15) is 5.11 Å². The number of aryl methyl sites for hydroxylation is 1. The molecule has 0 fully saturated rings. The Morgan fingerprint density at radius 3 is 2.69 bits per heavy atom. The summed E-state index contributed by atoms with van der Waals surface area (Å²) in [5, 5.41) is 9.58. The summed E-state index contributed by atoms with van der Waals surface area (Å²) < 4.78 is 1.09. The highest BCUT2D eigenvalue weighted by molar-refractivity contribution is 14.1. The van der Waals surface area contributed by atoms with Gasteiger partial charge in [0, 0.05) is 21.7 Å². The number of hydrogen-bond acceptors (Lipinski definition) is 3. The summed E-state index contributed by atoms with van der Waals surface area (Å²) in [4.78, 5) is 0. The number of phenols is 1. The molecule has 1 aromatic rings. The van der Waals surface area contributed by atoms with Crippen molar-refractivity contribution in [3.05, 3.63) is 26.8 Å². The SMILES string of the molecule is Cc1cc(O)c([C@H](N)CN)cc1I. The summed E-state index contributed by atoms with van der Waals surface area (Å²) in [5.41, 5.74) is 12.9. The minimum absolute atomic E-state index is 0.232. The van der Waals surface area contributed by atoms with Crippen molar-refractivity contribution in [1.29, 1.82) is 0 Å². The monoisotopic (exact) mass is 292 g/mol. The number of nitrogens with two attached hydrogens (primary N) is 2. The molecule has 0 aliphatic carbocycles. The number of hydrogen-bond donors (Lipinski definition) is 3. The Labute approximate surface area is 91.3 Å². The molecule has 0 saturated carbocycles. The van der Waals surface area contributed by atoms with Gasteiger partial charge in [0.05, 0.1) is 0 Å². The molecule has 0 heterocycles. The predicted molar refractivity (Wildman–Crippen MR) is 61.5 cm³/mol. The zero-order chi connectivity index (χ0) is 10.0. The Hall–Kier alpha value is -0.330. The van der Waals surface area contributed by atoms with E-state index in [4.69, 9.17) is 11.5 Å². The quantitative estimate of drug-likeness (QED) is 0.719. The number of rotatable bonds is 2. The fourth-order valence-corrected chi connectivity index (χ4v) is 1.60. The summed E-state index contributed by atoms with van der Waals surface area (Å²) in [6.07, 6.45) is 0. The Morgan fingerprint density at radius 1 is 1.54 bits per heavy atom. The van der Waals surface area contributed by atoms with Crippen molar-refractivity contribution in [2.45, 2.75) is 13.0 Å². The second kappa shape index (κ2) is 4.26. The maximum atomic E-state index is 9.58. The van der Waals surface area contributed by atoms with Crippen molar-refractivity contribution in [3.63, 3.8) is 0 Å². The van der Waals surface area contributed by atoms with Crippen molar-refractivity contribution in [2.24, 2.45) is 11.5 Å². The molecule has 0 aromatic heterocycles. The van der Waals surface area contributed by atoms with Crippen LogP contribution in [0.3, 0.4) is 0 Å². The van der Waals surface area contributed by atoms with Gasteiger partial charge in [-0.2, -0.15) is 0 Å². The lowest BCUT2D eigenvalue weighted by Gasteiger charge is -2.12. The van der Waals surface area contributed by atoms with Gasteiger partial charge in [-0.25, -0.2) is 0 Å². The molecule has 13 heavy (non-hydrogen) atoms. The van der Waals surface area contributed by atoms with Gasteiger partial charge in [0.1, 0.15) is 5.75 Å². The molecular weight excluding hydrogens is 279 g/mol. The van der Waals surface area contributed by atoms with E-state index in [1.54, 1.807) is 6.07 Å². The van der Waals surface area contributed by atoms with E-state index in [1.165, 1.54) is 0 Å². The minimum Gasteiger partial charge on any atom is -0.508 e. The molecule has 0 aliphatic rings. The van der Waals surface area contributed by atoms with Gasteiger partial charge in [0.2, 0.25) is 0 Å². The second-order valence-electron chi connectivity index (χ2n) is 3.00. The molecule has 3 nitrogen and oxygen atoms in total. The van der Waals surface area contributed by atoms with Gasteiger partial charge in [-0.05, 0) is 47.2 Å².